The number of fused-ring (bicyclic) bond motifs is 2. The molecule has 0 saturated carbocycles. The lowest BCUT2D eigenvalue weighted by atomic mass is 9.95. The second-order valence-corrected chi connectivity index (χ2v) is 11.4. The smallest absolute Gasteiger partial charge is 0.341 e. The van der Waals surface area contributed by atoms with E-state index in [0.717, 1.165) is 22.6 Å². The maximum Gasteiger partial charge on any atom is 0.341 e. The number of anilines is 1. The molecule has 0 amide bonds. The molecule has 1 aromatic carbocycles. The molecule has 1 atom stereocenters. The number of halogens is 1. The van der Waals surface area contributed by atoms with Crippen LogP contribution in [0.3, 0.4) is 0 Å². The highest BCUT2D eigenvalue weighted by molar-refractivity contribution is 5.93. The Hall–Kier alpha value is -3.50. The Kier molecular flexibility index (Phi) is 7.11. The number of hydrogen-bond donors (Lipinski definition) is 1. The molecule has 1 N–H and O–H groups in total. The summed E-state index contributed by atoms with van der Waals surface area (Å²) in [7, 11) is 0. The molecule has 0 bridgehead atoms. The number of carbonyl (C=O) groups is 1. The molecule has 9 nitrogen and oxygen atoms in total. The molecule has 2 aliphatic heterocycles. The van der Waals surface area contributed by atoms with Crippen LogP contribution in [0.4, 0.5) is 10.1 Å². The number of pyridine rings is 2. The Morgan fingerprint density at radius 1 is 1.21 bits per heavy atom. The molecule has 0 radical (unpaired) electrons. The van der Waals surface area contributed by atoms with Crippen LogP contribution in [-0.4, -0.2) is 58.0 Å². The van der Waals surface area contributed by atoms with Crippen LogP contribution in [0.5, 0.6) is 5.75 Å². The van der Waals surface area contributed by atoms with Crippen molar-refractivity contribution in [1.82, 2.24) is 14.5 Å². The average Bonchev–Trinajstić information content (AvgIpc) is 2.90. The Morgan fingerprint density at radius 2 is 1.92 bits per heavy atom. The third-order valence-electron chi connectivity index (χ3n) is 7.54. The number of rotatable bonds is 5. The number of piperazine rings is 1. The van der Waals surface area contributed by atoms with Gasteiger partial charge in [0.2, 0.25) is 11.7 Å². The number of aryl methyl sites for hydroxylation is 2. The van der Waals surface area contributed by atoms with Crippen molar-refractivity contribution in [1.29, 1.82) is 0 Å². The molecule has 0 spiro atoms. The summed E-state index contributed by atoms with van der Waals surface area (Å²) >= 11 is 0. The largest absolute Gasteiger partial charge is 0.477 e. The second-order valence-electron chi connectivity index (χ2n) is 11.4. The van der Waals surface area contributed by atoms with Gasteiger partial charge >= 0.3 is 5.97 Å². The van der Waals surface area contributed by atoms with Crippen LogP contribution in [0.25, 0.3) is 10.9 Å². The molecule has 1 fully saturated rings. The van der Waals surface area contributed by atoms with Gasteiger partial charge in [0.1, 0.15) is 17.1 Å². The van der Waals surface area contributed by atoms with E-state index in [4.69, 9.17) is 9.47 Å². The zero-order valence-corrected chi connectivity index (χ0v) is 23.1. The van der Waals surface area contributed by atoms with Crippen molar-refractivity contribution in [3.05, 3.63) is 63.0 Å². The number of aromatic carboxylic acids is 1. The van der Waals surface area contributed by atoms with Gasteiger partial charge < -0.3 is 24.0 Å². The highest BCUT2D eigenvalue weighted by atomic mass is 19.1. The van der Waals surface area contributed by atoms with E-state index in [-0.39, 0.29) is 22.7 Å². The summed E-state index contributed by atoms with van der Waals surface area (Å²) in [6.45, 7) is 14.3. The van der Waals surface area contributed by atoms with Crippen molar-refractivity contribution in [2.45, 2.75) is 60.6 Å². The van der Waals surface area contributed by atoms with Crippen LogP contribution in [0.2, 0.25) is 0 Å². The Labute approximate surface area is 226 Å². The first kappa shape index (κ1) is 27.1. The number of aromatic nitrogens is 2. The van der Waals surface area contributed by atoms with Gasteiger partial charge in [-0.25, -0.2) is 9.18 Å². The summed E-state index contributed by atoms with van der Waals surface area (Å²) in [5.41, 5.74) is 2.70. The zero-order chi connectivity index (χ0) is 28.1. The Balaban J connectivity index is 1.34. The van der Waals surface area contributed by atoms with Crippen LogP contribution in [0, 0.1) is 18.2 Å². The highest BCUT2D eigenvalue weighted by Gasteiger charge is 2.34. The van der Waals surface area contributed by atoms with Gasteiger partial charge in [-0.2, -0.15) is 0 Å². The first-order valence-electron chi connectivity index (χ1n) is 13.3. The maximum atomic E-state index is 15.3. The average molecular weight is 539 g/mol. The summed E-state index contributed by atoms with van der Waals surface area (Å²) in [5.74, 6) is -1.04. The molecular formula is C29H35FN4O5. The molecule has 2 aliphatic rings. The molecule has 1 unspecified atom stereocenters. The van der Waals surface area contributed by atoms with Crippen molar-refractivity contribution in [2.24, 2.45) is 5.41 Å². The lowest BCUT2D eigenvalue weighted by molar-refractivity contribution is -0.164. The quantitative estimate of drug-likeness (QED) is 0.517. The van der Waals surface area contributed by atoms with E-state index >= 15 is 4.39 Å². The van der Waals surface area contributed by atoms with Crippen molar-refractivity contribution in [3.8, 4) is 5.75 Å². The lowest BCUT2D eigenvalue weighted by Crippen LogP contribution is -2.46. The molecular weight excluding hydrogens is 503 g/mol. The van der Waals surface area contributed by atoms with E-state index in [2.05, 4.69) is 30.7 Å². The minimum absolute atomic E-state index is 0.0754. The summed E-state index contributed by atoms with van der Waals surface area (Å²) in [4.78, 5) is 33.1. The van der Waals surface area contributed by atoms with Crippen LogP contribution in [0.1, 0.15) is 54.9 Å². The molecule has 2 aromatic heterocycles. The molecule has 3 aromatic rings. The monoisotopic (exact) mass is 538 g/mol. The molecule has 10 heteroatoms. The standard InChI is InChI=1S/C29H35FN4O5/c1-6-33-15-20(27(36)37)25(35)19-11-22(30)24(12-23(19)33)34-9-7-32(8-10-34)14-18-13-31-17(2)26-21(18)16-38-28(39-26)29(3,4)5/h11-13,15,28H,6-10,14,16H2,1-5H3,(H,36,37). The first-order chi connectivity index (χ1) is 18.5. The Bertz CT molecular complexity index is 1490. The third-order valence-corrected chi connectivity index (χ3v) is 7.54. The van der Waals surface area contributed by atoms with E-state index < -0.39 is 17.2 Å². The summed E-state index contributed by atoms with van der Waals surface area (Å²) < 4.78 is 29.2. The van der Waals surface area contributed by atoms with Crippen LogP contribution in [-0.2, 0) is 24.4 Å². The van der Waals surface area contributed by atoms with Gasteiger partial charge in [-0.15, -0.1) is 0 Å². The Morgan fingerprint density at radius 3 is 2.56 bits per heavy atom. The molecule has 39 heavy (non-hydrogen) atoms. The maximum absolute atomic E-state index is 15.3. The number of carboxylic acids is 1. The van der Waals surface area contributed by atoms with Gasteiger partial charge in [-0.05, 0) is 31.5 Å². The van der Waals surface area contributed by atoms with Crippen molar-refractivity contribution >= 4 is 22.6 Å². The number of hydrogen-bond acceptors (Lipinski definition) is 7. The van der Waals surface area contributed by atoms with Gasteiger partial charge in [0, 0.05) is 68.0 Å². The van der Waals surface area contributed by atoms with Gasteiger partial charge in [0.15, 0.2) is 0 Å². The van der Waals surface area contributed by atoms with Crippen LogP contribution in [0.15, 0.2) is 29.3 Å². The lowest BCUT2D eigenvalue weighted by Gasteiger charge is -2.38. The first-order valence-corrected chi connectivity index (χ1v) is 13.3. The topological polar surface area (TPSA) is 97.1 Å². The van der Waals surface area contributed by atoms with Gasteiger partial charge in [-0.3, -0.25) is 14.7 Å². The van der Waals surface area contributed by atoms with E-state index in [1.807, 2.05) is 24.9 Å². The molecule has 5 rings (SSSR count). The van der Waals surface area contributed by atoms with E-state index in [0.29, 0.717) is 57.1 Å². The summed E-state index contributed by atoms with van der Waals surface area (Å²) in [6.07, 6.45) is 2.89. The fraction of sp³-hybridized carbons (Fsp3) is 0.483. The normalized spacial score (nSPS) is 18.2. The van der Waals surface area contributed by atoms with Gasteiger partial charge in [0.05, 0.1) is 23.5 Å². The van der Waals surface area contributed by atoms with E-state index in [9.17, 15) is 14.7 Å². The van der Waals surface area contributed by atoms with Gasteiger partial charge in [-0.1, -0.05) is 20.8 Å². The third kappa shape index (κ3) is 5.10. The molecule has 4 heterocycles. The summed E-state index contributed by atoms with van der Waals surface area (Å²) in [6, 6.07) is 2.84. The predicted molar refractivity (Wildman–Crippen MR) is 146 cm³/mol. The SMILES string of the molecule is CCn1cc(C(=O)O)c(=O)c2cc(F)c(N3CCN(Cc4cnc(C)c5c4COC(C(C)(C)C)O5)CC3)cc21. The molecule has 1 saturated heterocycles. The van der Waals surface area contributed by atoms with Crippen molar-refractivity contribution < 1.29 is 23.8 Å². The summed E-state index contributed by atoms with van der Waals surface area (Å²) in [5, 5.41) is 9.46. The minimum Gasteiger partial charge on any atom is -0.477 e. The van der Waals surface area contributed by atoms with E-state index in [1.165, 1.54) is 12.3 Å². The van der Waals surface area contributed by atoms with Gasteiger partial charge in [0.25, 0.3) is 0 Å². The molecule has 208 valence electrons. The van der Waals surface area contributed by atoms with Crippen molar-refractivity contribution in [3.63, 3.8) is 0 Å². The minimum atomic E-state index is -1.32. The highest BCUT2D eigenvalue weighted by Crippen LogP contribution is 2.37. The van der Waals surface area contributed by atoms with Crippen LogP contribution < -0.4 is 15.1 Å². The molecule has 0 aliphatic carbocycles. The fourth-order valence-electron chi connectivity index (χ4n) is 5.30. The van der Waals surface area contributed by atoms with E-state index in [1.54, 1.807) is 10.6 Å². The van der Waals surface area contributed by atoms with Crippen molar-refractivity contribution in [2.75, 3.05) is 31.1 Å². The fourth-order valence-corrected chi connectivity index (χ4v) is 5.30. The number of ether oxygens (including phenoxy) is 2. The number of benzene rings is 1. The number of nitrogens with zero attached hydrogens (tertiary/aromatic N) is 4. The van der Waals surface area contributed by atoms with Crippen LogP contribution >= 0.6 is 0 Å². The predicted octanol–water partition coefficient (Wildman–Crippen LogP) is 4.17. The zero-order valence-electron chi connectivity index (χ0n) is 23.1. The second kappa shape index (κ2) is 10.2. The number of carboxylic acid groups (broad SMARTS) is 1.